The van der Waals surface area contributed by atoms with E-state index < -0.39 is 5.60 Å². The van der Waals surface area contributed by atoms with E-state index in [2.05, 4.69) is 39.0 Å². The largest absolute Gasteiger partial charge is 0.494 e. The summed E-state index contributed by atoms with van der Waals surface area (Å²) < 4.78 is 5.75. The van der Waals surface area contributed by atoms with E-state index in [9.17, 15) is 5.11 Å². The average molecular weight is 292 g/mol. The molecule has 0 atom stereocenters. The van der Waals surface area contributed by atoms with E-state index in [1.165, 1.54) is 5.56 Å². The SMILES string of the molecule is CCCCOc1cccc(CCC(O)(CCC)CCC)c1. The third-order valence-electron chi connectivity index (χ3n) is 3.97. The average Bonchev–Trinajstić information content (AvgIpc) is 2.47. The minimum Gasteiger partial charge on any atom is -0.494 e. The van der Waals surface area contributed by atoms with Gasteiger partial charge in [0.15, 0.2) is 0 Å². The van der Waals surface area contributed by atoms with Crippen molar-refractivity contribution in [2.24, 2.45) is 0 Å². The van der Waals surface area contributed by atoms with Gasteiger partial charge >= 0.3 is 0 Å². The van der Waals surface area contributed by atoms with Gasteiger partial charge in [-0.25, -0.2) is 0 Å². The number of aryl methyl sites for hydroxylation is 1. The van der Waals surface area contributed by atoms with Gasteiger partial charge in [0.05, 0.1) is 12.2 Å². The molecule has 21 heavy (non-hydrogen) atoms. The first-order valence-electron chi connectivity index (χ1n) is 8.57. The van der Waals surface area contributed by atoms with Gasteiger partial charge in [0.2, 0.25) is 0 Å². The number of hydrogen-bond acceptors (Lipinski definition) is 2. The molecule has 0 heterocycles. The van der Waals surface area contributed by atoms with Crippen molar-refractivity contribution >= 4 is 0 Å². The normalized spacial score (nSPS) is 11.6. The van der Waals surface area contributed by atoms with Gasteiger partial charge in [-0.1, -0.05) is 52.2 Å². The molecule has 0 saturated carbocycles. The molecule has 1 N–H and O–H groups in total. The lowest BCUT2D eigenvalue weighted by Gasteiger charge is -2.27. The lowest BCUT2D eigenvalue weighted by atomic mass is 9.87. The zero-order valence-electron chi connectivity index (χ0n) is 14.0. The quantitative estimate of drug-likeness (QED) is 0.573. The molecule has 120 valence electrons. The molecule has 0 amide bonds. The van der Waals surface area contributed by atoms with Gasteiger partial charge in [-0.2, -0.15) is 0 Å². The van der Waals surface area contributed by atoms with Crippen LogP contribution in [0.2, 0.25) is 0 Å². The molecule has 1 aromatic rings. The lowest BCUT2D eigenvalue weighted by molar-refractivity contribution is 0.0132. The van der Waals surface area contributed by atoms with Gasteiger partial charge in [0, 0.05) is 0 Å². The minimum atomic E-state index is -0.497. The highest BCUT2D eigenvalue weighted by Gasteiger charge is 2.24. The third-order valence-corrected chi connectivity index (χ3v) is 3.97. The molecule has 0 aliphatic carbocycles. The van der Waals surface area contributed by atoms with Crippen LogP contribution in [0.25, 0.3) is 0 Å². The first kappa shape index (κ1) is 18.0. The maximum atomic E-state index is 10.7. The maximum absolute atomic E-state index is 10.7. The molecule has 0 bridgehead atoms. The summed E-state index contributed by atoms with van der Waals surface area (Å²) in [4.78, 5) is 0. The molecule has 0 aliphatic heterocycles. The Morgan fingerprint density at radius 3 is 2.33 bits per heavy atom. The van der Waals surface area contributed by atoms with Crippen molar-refractivity contribution < 1.29 is 9.84 Å². The number of rotatable bonds is 11. The highest BCUT2D eigenvalue weighted by Crippen LogP contribution is 2.26. The van der Waals surface area contributed by atoms with Crippen LogP contribution in [-0.4, -0.2) is 17.3 Å². The van der Waals surface area contributed by atoms with Crippen LogP contribution in [0.5, 0.6) is 5.75 Å². The van der Waals surface area contributed by atoms with E-state index >= 15 is 0 Å². The summed E-state index contributed by atoms with van der Waals surface area (Å²) in [6.07, 6.45) is 7.88. The van der Waals surface area contributed by atoms with E-state index in [4.69, 9.17) is 4.74 Å². The second-order valence-corrected chi connectivity index (χ2v) is 6.07. The van der Waals surface area contributed by atoms with Crippen molar-refractivity contribution in [1.29, 1.82) is 0 Å². The van der Waals surface area contributed by atoms with Crippen molar-refractivity contribution in [2.75, 3.05) is 6.61 Å². The van der Waals surface area contributed by atoms with Gasteiger partial charge in [-0.05, 0) is 49.8 Å². The van der Waals surface area contributed by atoms with Crippen LogP contribution in [0.1, 0.15) is 71.3 Å². The smallest absolute Gasteiger partial charge is 0.119 e. The first-order chi connectivity index (χ1) is 10.1. The molecule has 2 heteroatoms. The van der Waals surface area contributed by atoms with E-state index in [1.54, 1.807) is 0 Å². The van der Waals surface area contributed by atoms with E-state index in [-0.39, 0.29) is 0 Å². The second kappa shape index (κ2) is 9.83. The highest BCUT2D eigenvalue weighted by molar-refractivity contribution is 5.28. The molecular formula is C19H32O2. The summed E-state index contributed by atoms with van der Waals surface area (Å²) in [6, 6.07) is 8.32. The van der Waals surface area contributed by atoms with Crippen molar-refractivity contribution in [1.82, 2.24) is 0 Å². The number of unbranched alkanes of at least 4 members (excludes halogenated alkanes) is 1. The number of ether oxygens (including phenoxy) is 1. The zero-order chi connectivity index (χ0) is 15.6. The molecule has 0 aromatic heterocycles. The zero-order valence-corrected chi connectivity index (χ0v) is 14.0. The Labute approximate surface area is 130 Å². The standard InChI is InChI=1S/C19H32O2/c1-4-7-15-21-18-10-8-9-17(16-18)11-14-19(20,12-5-2)13-6-3/h8-10,16,20H,4-7,11-15H2,1-3H3. The summed E-state index contributed by atoms with van der Waals surface area (Å²) in [5.74, 6) is 0.954. The van der Waals surface area contributed by atoms with Crippen molar-refractivity contribution in [3.63, 3.8) is 0 Å². The van der Waals surface area contributed by atoms with E-state index in [0.29, 0.717) is 0 Å². The molecule has 0 saturated heterocycles. The third kappa shape index (κ3) is 6.99. The van der Waals surface area contributed by atoms with Gasteiger partial charge in [0.1, 0.15) is 5.75 Å². The van der Waals surface area contributed by atoms with Crippen molar-refractivity contribution in [3.8, 4) is 5.75 Å². The Kier molecular flexibility index (Phi) is 8.44. The molecular weight excluding hydrogens is 260 g/mol. The van der Waals surface area contributed by atoms with E-state index in [1.807, 2.05) is 6.07 Å². The summed E-state index contributed by atoms with van der Waals surface area (Å²) in [5, 5.41) is 10.7. The fraction of sp³-hybridized carbons (Fsp3) is 0.684. The van der Waals surface area contributed by atoms with Crippen LogP contribution in [0.4, 0.5) is 0 Å². The maximum Gasteiger partial charge on any atom is 0.119 e. The van der Waals surface area contributed by atoms with Crippen LogP contribution in [-0.2, 0) is 6.42 Å². The molecule has 0 unspecified atom stereocenters. The Bertz CT molecular complexity index is 381. The van der Waals surface area contributed by atoms with E-state index in [0.717, 1.165) is 63.7 Å². The second-order valence-electron chi connectivity index (χ2n) is 6.07. The number of benzene rings is 1. The molecule has 0 radical (unpaired) electrons. The fourth-order valence-electron chi connectivity index (χ4n) is 2.81. The summed E-state index contributed by atoms with van der Waals surface area (Å²) in [5.41, 5.74) is 0.761. The Balaban J connectivity index is 2.55. The van der Waals surface area contributed by atoms with Crippen LogP contribution >= 0.6 is 0 Å². The van der Waals surface area contributed by atoms with Crippen LogP contribution in [0, 0.1) is 0 Å². The van der Waals surface area contributed by atoms with Crippen LogP contribution in [0.3, 0.4) is 0 Å². The first-order valence-corrected chi connectivity index (χ1v) is 8.57. The predicted octanol–water partition coefficient (Wildman–Crippen LogP) is 5.13. The van der Waals surface area contributed by atoms with Gasteiger partial charge in [-0.3, -0.25) is 0 Å². The number of aliphatic hydroxyl groups is 1. The molecule has 0 fully saturated rings. The Morgan fingerprint density at radius 2 is 1.71 bits per heavy atom. The van der Waals surface area contributed by atoms with Gasteiger partial charge in [0.25, 0.3) is 0 Å². The van der Waals surface area contributed by atoms with Crippen molar-refractivity contribution in [2.45, 2.75) is 77.7 Å². The molecule has 2 nitrogen and oxygen atoms in total. The van der Waals surface area contributed by atoms with Crippen molar-refractivity contribution in [3.05, 3.63) is 29.8 Å². The minimum absolute atomic E-state index is 0.497. The van der Waals surface area contributed by atoms with Crippen LogP contribution < -0.4 is 4.74 Å². The monoisotopic (exact) mass is 292 g/mol. The molecule has 0 spiro atoms. The molecule has 1 aromatic carbocycles. The Morgan fingerprint density at radius 1 is 1.00 bits per heavy atom. The van der Waals surface area contributed by atoms with Crippen LogP contribution in [0.15, 0.2) is 24.3 Å². The highest BCUT2D eigenvalue weighted by atomic mass is 16.5. The fourth-order valence-corrected chi connectivity index (χ4v) is 2.81. The van der Waals surface area contributed by atoms with Gasteiger partial charge < -0.3 is 9.84 Å². The lowest BCUT2D eigenvalue weighted by Crippen LogP contribution is -2.28. The summed E-state index contributed by atoms with van der Waals surface area (Å²) in [7, 11) is 0. The van der Waals surface area contributed by atoms with Gasteiger partial charge in [-0.15, -0.1) is 0 Å². The predicted molar refractivity (Wildman–Crippen MR) is 89.9 cm³/mol. The topological polar surface area (TPSA) is 29.5 Å². The summed E-state index contributed by atoms with van der Waals surface area (Å²) >= 11 is 0. The Hall–Kier alpha value is -1.02. The molecule has 1 rings (SSSR count). The summed E-state index contributed by atoms with van der Waals surface area (Å²) in [6.45, 7) is 7.24. The number of hydrogen-bond donors (Lipinski definition) is 1. The molecule has 0 aliphatic rings.